The number of hydrogen-bond acceptors (Lipinski definition) is 3. The lowest BCUT2D eigenvalue weighted by Gasteiger charge is -2.15. The second-order valence-electron chi connectivity index (χ2n) is 3.63. The fourth-order valence-electron chi connectivity index (χ4n) is 1.37. The van der Waals surface area contributed by atoms with E-state index in [1.165, 1.54) is 0 Å². The van der Waals surface area contributed by atoms with Gasteiger partial charge in [-0.2, -0.15) is 17.0 Å². The Balaban J connectivity index is 2.72. The van der Waals surface area contributed by atoms with E-state index in [-0.39, 0.29) is 0 Å². The minimum Gasteiger partial charge on any atom is -0.381 e. The monoisotopic (exact) mass is 254 g/mol. The first-order valence-electron chi connectivity index (χ1n) is 5.12. The molecule has 1 aromatic carbocycles. The van der Waals surface area contributed by atoms with Gasteiger partial charge in [0.1, 0.15) is 6.07 Å². The van der Waals surface area contributed by atoms with Gasteiger partial charge in [0, 0.05) is 11.1 Å². The molecule has 4 heteroatoms. The van der Waals surface area contributed by atoms with Crippen LogP contribution in [0.4, 0.5) is 5.69 Å². The molecule has 86 valence electrons. The van der Waals surface area contributed by atoms with Gasteiger partial charge in [0.15, 0.2) is 0 Å². The highest BCUT2D eigenvalue weighted by atomic mass is 35.5. The van der Waals surface area contributed by atoms with Crippen molar-refractivity contribution in [2.45, 2.75) is 19.4 Å². The Morgan fingerprint density at radius 2 is 2.31 bits per heavy atom. The van der Waals surface area contributed by atoms with Gasteiger partial charge in [-0.15, -0.1) is 0 Å². The van der Waals surface area contributed by atoms with E-state index in [1.807, 2.05) is 11.8 Å². The summed E-state index contributed by atoms with van der Waals surface area (Å²) in [5.41, 5.74) is 1.46. The van der Waals surface area contributed by atoms with E-state index in [4.69, 9.17) is 16.9 Å². The average molecular weight is 255 g/mol. The summed E-state index contributed by atoms with van der Waals surface area (Å²) >= 11 is 7.73. The van der Waals surface area contributed by atoms with Crippen molar-refractivity contribution in [2.24, 2.45) is 0 Å². The smallest absolute Gasteiger partial charge is 0.101 e. The molecule has 1 atom stereocenters. The highest BCUT2D eigenvalue weighted by Crippen LogP contribution is 2.21. The molecule has 0 fully saturated rings. The number of benzene rings is 1. The van der Waals surface area contributed by atoms with E-state index < -0.39 is 0 Å². The molecule has 0 amide bonds. The molecule has 0 heterocycles. The Morgan fingerprint density at radius 3 is 2.94 bits per heavy atom. The lowest BCUT2D eigenvalue weighted by Crippen LogP contribution is -2.16. The predicted molar refractivity (Wildman–Crippen MR) is 72.3 cm³/mol. The van der Waals surface area contributed by atoms with Crippen LogP contribution in [0.2, 0.25) is 5.02 Å². The van der Waals surface area contributed by atoms with Crippen LogP contribution in [0.3, 0.4) is 0 Å². The van der Waals surface area contributed by atoms with Crippen LogP contribution < -0.4 is 5.32 Å². The second kappa shape index (κ2) is 6.67. The van der Waals surface area contributed by atoms with Gasteiger partial charge in [0.25, 0.3) is 0 Å². The first-order valence-corrected chi connectivity index (χ1v) is 6.89. The molecule has 0 saturated heterocycles. The van der Waals surface area contributed by atoms with Crippen molar-refractivity contribution in [1.29, 1.82) is 5.26 Å². The van der Waals surface area contributed by atoms with Crippen LogP contribution in [0.25, 0.3) is 0 Å². The van der Waals surface area contributed by atoms with Gasteiger partial charge in [-0.25, -0.2) is 0 Å². The van der Waals surface area contributed by atoms with Crippen LogP contribution in [0.15, 0.2) is 18.2 Å². The quantitative estimate of drug-likeness (QED) is 0.869. The van der Waals surface area contributed by atoms with Gasteiger partial charge in [-0.05, 0) is 43.6 Å². The maximum absolute atomic E-state index is 8.96. The van der Waals surface area contributed by atoms with Crippen LogP contribution >= 0.6 is 23.4 Å². The van der Waals surface area contributed by atoms with E-state index in [2.05, 4.69) is 24.6 Å². The minimum atomic E-state index is 0.345. The van der Waals surface area contributed by atoms with Crippen LogP contribution in [-0.4, -0.2) is 18.1 Å². The van der Waals surface area contributed by atoms with E-state index in [0.717, 1.165) is 17.9 Å². The molecule has 1 aromatic rings. The van der Waals surface area contributed by atoms with E-state index >= 15 is 0 Å². The number of nitrogens with one attached hydrogen (secondary N) is 1. The number of thioether (sulfide) groups is 1. The number of halogens is 1. The lowest BCUT2D eigenvalue weighted by atomic mass is 10.1. The Kier molecular flexibility index (Phi) is 5.51. The summed E-state index contributed by atoms with van der Waals surface area (Å²) in [6, 6.07) is 7.78. The zero-order valence-corrected chi connectivity index (χ0v) is 11.0. The number of nitriles is 1. The van der Waals surface area contributed by atoms with E-state index in [1.54, 1.807) is 18.2 Å². The van der Waals surface area contributed by atoms with Crippen LogP contribution in [-0.2, 0) is 0 Å². The van der Waals surface area contributed by atoms with Crippen LogP contribution in [0, 0.1) is 11.3 Å². The highest BCUT2D eigenvalue weighted by molar-refractivity contribution is 7.98. The largest absolute Gasteiger partial charge is 0.381 e. The third-order valence-electron chi connectivity index (χ3n) is 2.26. The maximum Gasteiger partial charge on any atom is 0.101 e. The van der Waals surface area contributed by atoms with E-state index in [9.17, 15) is 0 Å². The predicted octanol–water partition coefficient (Wildman–Crippen LogP) is 3.77. The summed E-state index contributed by atoms with van der Waals surface area (Å²) in [6.07, 6.45) is 3.16. The zero-order valence-electron chi connectivity index (χ0n) is 9.46. The number of hydrogen-bond donors (Lipinski definition) is 1. The fourth-order valence-corrected chi connectivity index (χ4v) is 2.13. The number of rotatable bonds is 5. The van der Waals surface area contributed by atoms with Crippen molar-refractivity contribution in [3.8, 4) is 6.07 Å². The van der Waals surface area contributed by atoms with Crippen molar-refractivity contribution in [1.82, 2.24) is 0 Å². The Morgan fingerprint density at radius 1 is 1.56 bits per heavy atom. The second-order valence-corrected chi connectivity index (χ2v) is 5.05. The van der Waals surface area contributed by atoms with Crippen molar-refractivity contribution < 1.29 is 0 Å². The molecular formula is C12H15ClN2S. The summed E-state index contributed by atoms with van der Waals surface area (Å²) in [4.78, 5) is 0. The summed E-state index contributed by atoms with van der Waals surface area (Å²) in [7, 11) is 0. The fraction of sp³-hybridized carbons (Fsp3) is 0.417. The van der Waals surface area contributed by atoms with Crippen molar-refractivity contribution in [3.05, 3.63) is 28.8 Å². The van der Waals surface area contributed by atoms with Gasteiger partial charge in [0.05, 0.1) is 11.3 Å². The summed E-state index contributed by atoms with van der Waals surface area (Å²) in [6.45, 7) is 2.11. The SMILES string of the molecule is CSCCC(C)Nc1cc(Cl)ccc1C#N. The third kappa shape index (κ3) is 3.96. The molecule has 16 heavy (non-hydrogen) atoms. The molecule has 0 aromatic heterocycles. The first kappa shape index (κ1) is 13.2. The molecule has 1 rings (SSSR count). The molecule has 0 aliphatic heterocycles. The van der Waals surface area contributed by atoms with Crippen molar-refractivity contribution in [2.75, 3.05) is 17.3 Å². The topological polar surface area (TPSA) is 35.8 Å². The molecule has 0 aliphatic carbocycles. The molecule has 1 unspecified atom stereocenters. The van der Waals surface area contributed by atoms with Crippen LogP contribution in [0.1, 0.15) is 18.9 Å². The number of nitrogens with zero attached hydrogens (tertiary/aromatic N) is 1. The molecule has 0 aliphatic rings. The van der Waals surface area contributed by atoms with Gasteiger partial charge >= 0.3 is 0 Å². The first-order chi connectivity index (χ1) is 7.67. The van der Waals surface area contributed by atoms with Gasteiger partial charge in [-0.3, -0.25) is 0 Å². The molecule has 0 spiro atoms. The summed E-state index contributed by atoms with van der Waals surface area (Å²) < 4.78 is 0. The summed E-state index contributed by atoms with van der Waals surface area (Å²) in [5, 5.41) is 12.9. The van der Waals surface area contributed by atoms with Crippen LogP contribution in [0.5, 0.6) is 0 Å². The van der Waals surface area contributed by atoms with Gasteiger partial charge < -0.3 is 5.32 Å². The van der Waals surface area contributed by atoms with Crippen molar-refractivity contribution in [3.63, 3.8) is 0 Å². The molecule has 0 bridgehead atoms. The van der Waals surface area contributed by atoms with Gasteiger partial charge in [0.2, 0.25) is 0 Å². The van der Waals surface area contributed by atoms with Gasteiger partial charge in [-0.1, -0.05) is 11.6 Å². The summed E-state index contributed by atoms with van der Waals surface area (Å²) in [5.74, 6) is 1.11. The average Bonchev–Trinajstić information content (AvgIpc) is 2.27. The minimum absolute atomic E-state index is 0.345. The maximum atomic E-state index is 8.96. The molecule has 1 N–H and O–H groups in total. The molecular weight excluding hydrogens is 240 g/mol. The lowest BCUT2D eigenvalue weighted by molar-refractivity contribution is 0.772. The standard InChI is InChI=1S/C12H15ClN2S/c1-9(5-6-16-2)15-12-7-11(13)4-3-10(12)8-14/h3-4,7,9,15H,5-6H2,1-2H3. The molecule has 0 saturated carbocycles. The zero-order chi connectivity index (χ0) is 12.0. The number of anilines is 1. The molecule has 0 radical (unpaired) electrons. The van der Waals surface area contributed by atoms with E-state index in [0.29, 0.717) is 16.6 Å². The Hall–Kier alpha value is -0.850. The Bertz CT molecular complexity index is 387. The Labute approximate surface area is 106 Å². The normalized spacial score (nSPS) is 11.9. The molecule has 2 nitrogen and oxygen atoms in total. The third-order valence-corrected chi connectivity index (χ3v) is 3.14. The highest BCUT2D eigenvalue weighted by Gasteiger charge is 2.06. The van der Waals surface area contributed by atoms with Crippen molar-refractivity contribution >= 4 is 29.1 Å².